The average molecular weight is 260 g/mol. The molecule has 0 radical (unpaired) electrons. The summed E-state index contributed by atoms with van der Waals surface area (Å²) in [6.07, 6.45) is 0.0254. The van der Waals surface area contributed by atoms with Gasteiger partial charge in [-0.3, -0.25) is 4.79 Å². The molecule has 102 valence electrons. The van der Waals surface area contributed by atoms with E-state index < -0.39 is 6.10 Å². The molecule has 4 heteroatoms. The van der Waals surface area contributed by atoms with E-state index in [9.17, 15) is 9.90 Å². The van der Waals surface area contributed by atoms with E-state index in [4.69, 9.17) is 0 Å². The van der Waals surface area contributed by atoms with Crippen molar-refractivity contribution < 1.29 is 9.90 Å². The first-order valence-electron chi connectivity index (χ1n) is 6.98. The van der Waals surface area contributed by atoms with Crippen LogP contribution in [0.4, 0.5) is 0 Å². The van der Waals surface area contributed by atoms with E-state index in [1.165, 1.54) is 0 Å². The van der Waals surface area contributed by atoms with E-state index >= 15 is 0 Å². The number of rotatable bonds is 2. The molecule has 0 aliphatic carbocycles. The second kappa shape index (κ2) is 5.31. The average Bonchev–Trinajstić information content (AvgIpc) is 2.94. The van der Waals surface area contributed by atoms with Crippen molar-refractivity contribution in [2.75, 3.05) is 26.2 Å². The molecule has 2 N–H and O–H groups in total. The van der Waals surface area contributed by atoms with Gasteiger partial charge in [-0.2, -0.15) is 0 Å². The van der Waals surface area contributed by atoms with Gasteiger partial charge in [0.05, 0.1) is 0 Å². The molecule has 2 fully saturated rings. The van der Waals surface area contributed by atoms with Gasteiger partial charge in [0.2, 0.25) is 0 Å². The van der Waals surface area contributed by atoms with Gasteiger partial charge in [0.15, 0.2) is 6.10 Å². The van der Waals surface area contributed by atoms with Gasteiger partial charge in [-0.05, 0) is 36.9 Å². The summed E-state index contributed by atoms with van der Waals surface area (Å²) < 4.78 is 0. The van der Waals surface area contributed by atoms with Crippen molar-refractivity contribution in [1.29, 1.82) is 0 Å². The first kappa shape index (κ1) is 12.6. The fraction of sp³-hybridized carbons (Fsp3) is 0.533. The Labute approximate surface area is 113 Å². The zero-order valence-electron chi connectivity index (χ0n) is 11.0. The van der Waals surface area contributed by atoms with Crippen molar-refractivity contribution in [2.24, 2.45) is 11.8 Å². The maximum atomic E-state index is 12.3. The highest BCUT2D eigenvalue weighted by Crippen LogP contribution is 2.28. The van der Waals surface area contributed by atoms with Gasteiger partial charge in [-0.15, -0.1) is 0 Å². The van der Waals surface area contributed by atoms with Crippen LogP contribution in [0.3, 0.4) is 0 Å². The van der Waals surface area contributed by atoms with Crippen LogP contribution >= 0.6 is 0 Å². The third-order valence-corrected chi connectivity index (χ3v) is 4.37. The van der Waals surface area contributed by atoms with Gasteiger partial charge in [-0.25, -0.2) is 0 Å². The summed E-state index contributed by atoms with van der Waals surface area (Å²) >= 11 is 0. The number of carbonyl (C=O) groups excluding carboxylic acids is 1. The molecule has 4 nitrogen and oxygen atoms in total. The zero-order chi connectivity index (χ0) is 13.2. The smallest absolute Gasteiger partial charge is 0.256 e. The summed E-state index contributed by atoms with van der Waals surface area (Å²) in [5, 5.41) is 13.6. The van der Waals surface area contributed by atoms with Crippen LogP contribution in [-0.2, 0) is 4.79 Å². The van der Waals surface area contributed by atoms with E-state index in [1.807, 2.05) is 23.1 Å². The number of likely N-dealkylation sites (tertiary alicyclic amines) is 1. The Morgan fingerprint density at radius 3 is 2.79 bits per heavy atom. The highest BCUT2D eigenvalue weighted by molar-refractivity contribution is 5.82. The minimum atomic E-state index is -1.02. The third-order valence-electron chi connectivity index (χ3n) is 4.37. The lowest BCUT2D eigenvalue weighted by molar-refractivity contribution is -0.142. The van der Waals surface area contributed by atoms with Gasteiger partial charge in [0.1, 0.15) is 0 Å². The number of benzene rings is 1. The second-order valence-electron chi connectivity index (χ2n) is 5.56. The van der Waals surface area contributed by atoms with Crippen LogP contribution in [0.25, 0.3) is 0 Å². The lowest BCUT2D eigenvalue weighted by Gasteiger charge is -2.35. The van der Waals surface area contributed by atoms with Crippen molar-refractivity contribution in [3.8, 4) is 0 Å². The number of hydrogen-bond acceptors (Lipinski definition) is 3. The van der Waals surface area contributed by atoms with Crippen molar-refractivity contribution >= 4 is 5.91 Å². The number of carbonyl (C=O) groups is 1. The Balaban J connectivity index is 1.67. The monoisotopic (exact) mass is 260 g/mol. The van der Waals surface area contributed by atoms with Crippen LogP contribution in [0.1, 0.15) is 18.1 Å². The molecule has 3 unspecified atom stereocenters. The Bertz CT molecular complexity index is 449. The van der Waals surface area contributed by atoms with Gasteiger partial charge in [0, 0.05) is 13.1 Å². The molecule has 0 bridgehead atoms. The number of aliphatic hydroxyl groups is 1. The Morgan fingerprint density at radius 2 is 2.00 bits per heavy atom. The van der Waals surface area contributed by atoms with Crippen LogP contribution in [0.2, 0.25) is 0 Å². The summed E-state index contributed by atoms with van der Waals surface area (Å²) in [5.41, 5.74) is 0.680. The van der Waals surface area contributed by atoms with Crippen molar-refractivity contribution in [2.45, 2.75) is 12.5 Å². The van der Waals surface area contributed by atoms with E-state index in [1.54, 1.807) is 12.1 Å². The molecular formula is C15H20N2O2. The lowest BCUT2D eigenvalue weighted by atomic mass is 9.88. The third kappa shape index (κ3) is 2.51. The molecule has 1 aromatic carbocycles. The standard InChI is InChI=1S/C15H20N2O2/c18-14(11-4-2-1-3-5-11)15(19)17-7-6-12-8-16-9-13(12)10-17/h1-5,12-14,16,18H,6-10H2. The number of nitrogens with one attached hydrogen (secondary N) is 1. The predicted molar refractivity (Wildman–Crippen MR) is 72.4 cm³/mol. The molecule has 2 heterocycles. The van der Waals surface area contributed by atoms with E-state index in [0.717, 1.165) is 32.6 Å². The van der Waals surface area contributed by atoms with Crippen molar-refractivity contribution in [3.63, 3.8) is 0 Å². The van der Waals surface area contributed by atoms with Crippen LogP contribution in [0.5, 0.6) is 0 Å². The topological polar surface area (TPSA) is 52.6 Å². The molecule has 3 rings (SSSR count). The number of piperidine rings is 1. The van der Waals surface area contributed by atoms with Gasteiger partial charge in [0.25, 0.3) is 5.91 Å². The van der Waals surface area contributed by atoms with Crippen LogP contribution in [-0.4, -0.2) is 42.1 Å². The molecule has 0 aromatic heterocycles. The van der Waals surface area contributed by atoms with E-state index in [0.29, 0.717) is 17.4 Å². The highest BCUT2D eigenvalue weighted by atomic mass is 16.3. The van der Waals surface area contributed by atoms with E-state index in [2.05, 4.69) is 5.32 Å². The first-order valence-corrected chi connectivity index (χ1v) is 6.98. The minimum Gasteiger partial charge on any atom is -0.378 e. The number of hydrogen-bond donors (Lipinski definition) is 2. The minimum absolute atomic E-state index is 0.156. The Kier molecular flexibility index (Phi) is 3.53. The number of fused-ring (bicyclic) bond motifs is 1. The Hall–Kier alpha value is -1.39. The van der Waals surface area contributed by atoms with Crippen LogP contribution in [0, 0.1) is 11.8 Å². The maximum absolute atomic E-state index is 12.3. The molecule has 1 aromatic rings. The Morgan fingerprint density at radius 1 is 1.26 bits per heavy atom. The number of aliphatic hydroxyl groups excluding tert-OH is 1. The normalized spacial score (nSPS) is 27.9. The maximum Gasteiger partial charge on any atom is 0.256 e. The number of nitrogens with zero attached hydrogens (tertiary/aromatic N) is 1. The van der Waals surface area contributed by atoms with Crippen molar-refractivity contribution in [1.82, 2.24) is 10.2 Å². The fourth-order valence-electron chi connectivity index (χ4n) is 3.19. The summed E-state index contributed by atoms with van der Waals surface area (Å²) in [4.78, 5) is 14.2. The highest BCUT2D eigenvalue weighted by Gasteiger charge is 2.36. The van der Waals surface area contributed by atoms with Crippen LogP contribution < -0.4 is 5.32 Å². The predicted octanol–water partition coefficient (Wildman–Crippen LogP) is 0.788. The molecular weight excluding hydrogens is 240 g/mol. The van der Waals surface area contributed by atoms with Crippen LogP contribution in [0.15, 0.2) is 30.3 Å². The molecule has 19 heavy (non-hydrogen) atoms. The first-order chi connectivity index (χ1) is 9.25. The summed E-state index contributed by atoms with van der Waals surface area (Å²) in [6, 6.07) is 9.17. The molecule has 2 saturated heterocycles. The molecule has 2 aliphatic heterocycles. The van der Waals surface area contributed by atoms with Gasteiger partial charge in [-0.1, -0.05) is 30.3 Å². The lowest BCUT2D eigenvalue weighted by Crippen LogP contribution is -2.45. The molecule has 2 aliphatic rings. The van der Waals surface area contributed by atoms with Crippen molar-refractivity contribution in [3.05, 3.63) is 35.9 Å². The van der Waals surface area contributed by atoms with Gasteiger partial charge >= 0.3 is 0 Å². The van der Waals surface area contributed by atoms with E-state index in [-0.39, 0.29) is 5.91 Å². The second-order valence-corrected chi connectivity index (χ2v) is 5.56. The largest absolute Gasteiger partial charge is 0.378 e. The fourth-order valence-corrected chi connectivity index (χ4v) is 3.19. The zero-order valence-corrected chi connectivity index (χ0v) is 11.0. The summed E-state index contributed by atoms with van der Waals surface area (Å²) in [6.45, 7) is 3.62. The molecule has 1 amide bonds. The molecule has 3 atom stereocenters. The molecule has 0 saturated carbocycles. The quantitative estimate of drug-likeness (QED) is 0.826. The SMILES string of the molecule is O=C(C(O)c1ccccc1)N1CCC2CNCC2C1. The summed E-state index contributed by atoms with van der Waals surface area (Å²) in [5.74, 6) is 1.11. The summed E-state index contributed by atoms with van der Waals surface area (Å²) in [7, 11) is 0. The molecule has 0 spiro atoms. The van der Waals surface area contributed by atoms with Gasteiger partial charge < -0.3 is 15.3 Å². The number of amides is 1.